The van der Waals surface area contributed by atoms with Crippen molar-refractivity contribution in [3.63, 3.8) is 0 Å². The van der Waals surface area contributed by atoms with Crippen LogP contribution in [0.1, 0.15) is 12.8 Å². The maximum atomic E-state index is 13.6. The standard InChI is InChI=1S/C16H13Cl2FN2O4/c17-10-3-6-15(12(18)8-10)25-7-1-2-16(22)20-14-9-11(21(23)24)4-5-13(14)19/h3-6,8-9H,1-2,7H2,(H,20,22). The third-order valence-electron chi connectivity index (χ3n) is 3.13. The molecule has 0 aliphatic rings. The molecule has 0 spiro atoms. The number of hydrogen-bond donors (Lipinski definition) is 1. The van der Waals surface area contributed by atoms with E-state index >= 15 is 0 Å². The number of benzene rings is 2. The Balaban J connectivity index is 1.83. The van der Waals surface area contributed by atoms with Gasteiger partial charge in [-0.05, 0) is 30.7 Å². The Kier molecular flexibility index (Phi) is 6.55. The fraction of sp³-hybridized carbons (Fsp3) is 0.188. The smallest absolute Gasteiger partial charge is 0.271 e. The highest BCUT2D eigenvalue weighted by molar-refractivity contribution is 6.35. The van der Waals surface area contributed by atoms with Gasteiger partial charge in [-0.1, -0.05) is 23.2 Å². The van der Waals surface area contributed by atoms with Crippen molar-refractivity contribution < 1.29 is 18.8 Å². The number of rotatable bonds is 7. The molecule has 1 amide bonds. The van der Waals surface area contributed by atoms with Crippen molar-refractivity contribution in [3.8, 4) is 5.75 Å². The highest BCUT2D eigenvalue weighted by atomic mass is 35.5. The molecular weight excluding hydrogens is 374 g/mol. The van der Waals surface area contributed by atoms with E-state index in [1.807, 2.05) is 0 Å². The number of nitro benzene ring substituents is 1. The SMILES string of the molecule is O=C(CCCOc1ccc(Cl)cc1Cl)Nc1cc([N+](=O)[O-])ccc1F. The Labute approximate surface area is 152 Å². The Morgan fingerprint density at radius 3 is 2.68 bits per heavy atom. The van der Waals surface area contributed by atoms with Crippen LogP contribution in [-0.4, -0.2) is 17.4 Å². The van der Waals surface area contributed by atoms with Crippen LogP contribution in [-0.2, 0) is 4.79 Å². The number of nitrogens with one attached hydrogen (secondary N) is 1. The maximum Gasteiger partial charge on any atom is 0.271 e. The predicted molar refractivity (Wildman–Crippen MR) is 92.9 cm³/mol. The second-order valence-corrected chi connectivity index (χ2v) is 5.84. The molecule has 0 fully saturated rings. The highest BCUT2D eigenvalue weighted by Crippen LogP contribution is 2.27. The second kappa shape index (κ2) is 8.64. The normalized spacial score (nSPS) is 10.4. The van der Waals surface area contributed by atoms with E-state index in [9.17, 15) is 19.3 Å². The number of anilines is 1. The molecule has 2 aromatic rings. The summed E-state index contributed by atoms with van der Waals surface area (Å²) in [5.41, 5.74) is -0.543. The maximum absolute atomic E-state index is 13.6. The van der Waals surface area contributed by atoms with Crippen LogP contribution in [0.4, 0.5) is 15.8 Å². The topological polar surface area (TPSA) is 81.5 Å². The molecule has 0 radical (unpaired) electrons. The molecule has 9 heteroatoms. The molecule has 25 heavy (non-hydrogen) atoms. The molecule has 0 aliphatic heterocycles. The molecule has 0 atom stereocenters. The van der Waals surface area contributed by atoms with Crippen molar-refractivity contribution in [3.05, 3.63) is 62.4 Å². The highest BCUT2D eigenvalue weighted by Gasteiger charge is 2.13. The summed E-state index contributed by atoms with van der Waals surface area (Å²) >= 11 is 11.7. The van der Waals surface area contributed by atoms with E-state index < -0.39 is 16.6 Å². The molecule has 2 aromatic carbocycles. The summed E-state index contributed by atoms with van der Waals surface area (Å²) in [7, 11) is 0. The quantitative estimate of drug-likeness (QED) is 0.419. The van der Waals surface area contributed by atoms with Gasteiger partial charge in [-0.2, -0.15) is 0 Å². The lowest BCUT2D eigenvalue weighted by molar-refractivity contribution is -0.384. The van der Waals surface area contributed by atoms with E-state index in [-0.39, 0.29) is 24.4 Å². The zero-order valence-corrected chi connectivity index (χ0v) is 14.3. The van der Waals surface area contributed by atoms with Gasteiger partial charge in [0.05, 0.1) is 22.2 Å². The van der Waals surface area contributed by atoms with Crippen LogP contribution >= 0.6 is 23.2 Å². The van der Waals surface area contributed by atoms with E-state index in [2.05, 4.69) is 5.32 Å². The molecule has 0 heterocycles. The molecule has 2 rings (SSSR count). The fourth-order valence-corrected chi connectivity index (χ4v) is 2.41. The lowest BCUT2D eigenvalue weighted by atomic mass is 10.2. The minimum absolute atomic E-state index is 0.0489. The zero-order chi connectivity index (χ0) is 18.4. The molecule has 0 bridgehead atoms. The van der Waals surface area contributed by atoms with E-state index in [0.29, 0.717) is 22.2 Å². The number of non-ortho nitro benzene ring substituents is 1. The molecule has 0 saturated heterocycles. The van der Waals surface area contributed by atoms with Crippen LogP contribution in [0.5, 0.6) is 5.75 Å². The van der Waals surface area contributed by atoms with Gasteiger partial charge in [0.2, 0.25) is 5.91 Å². The van der Waals surface area contributed by atoms with Gasteiger partial charge in [-0.15, -0.1) is 0 Å². The summed E-state index contributed by atoms with van der Waals surface area (Å²) in [4.78, 5) is 21.8. The number of nitro groups is 1. The first kappa shape index (κ1) is 19.0. The average molecular weight is 387 g/mol. The van der Waals surface area contributed by atoms with Gasteiger partial charge in [0.25, 0.3) is 5.69 Å². The molecule has 0 aromatic heterocycles. The Hall–Kier alpha value is -2.38. The van der Waals surface area contributed by atoms with E-state index in [4.69, 9.17) is 27.9 Å². The summed E-state index contributed by atoms with van der Waals surface area (Å²) < 4.78 is 19.0. The average Bonchev–Trinajstić information content (AvgIpc) is 2.55. The largest absolute Gasteiger partial charge is 0.492 e. The van der Waals surface area contributed by atoms with Crippen LogP contribution in [0.25, 0.3) is 0 Å². The lowest BCUT2D eigenvalue weighted by Gasteiger charge is -2.09. The summed E-state index contributed by atoms with van der Waals surface area (Å²) in [6.45, 7) is 0.214. The van der Waals surface area contributed by atoms with E-state index in [0.717, 1.165) is 18.2 Å². The number of ether oxygens (including phenoxy) is 1. The van der Waals surface area contributed by atoms with Crippen LogP contribution in [0.2, 0.25) is 10.0 Å². The number of halogens is 3. The van der Waals surface area contributed by atoms with Crippen molar-refractivity contribution in [1.82, 2.24) is 0 Å². The van der Waals surface area contributed by atoms with Gasteiger partial charge < -0.3 is 10.1 Å². The number of amides is 1. The van der Waals surface area contributed by atoms with Crippen LogP contribution in [0.15, 0.2) is 36.4 Å². The molecule has 1 N–H and O–H groups in total. The number of carbonyl (C=O) groups excluding carboxylic acids is 1. The van der Waals surface area contributed by atoms with E-state index in [1.54, 1.807) is 12.1 Å². The van der Waals surface area contributed by atoms with Crippen molar-refractivity contribution in [2.24, 2.45) is 0 Å². The van der Waals surface area contributed by atoms with Crippen molar-refractivity contribution in [2.75, 3.05) is 11.9 Å². The lowest BCUT2D eigenvalue weighted by Crippen LogP contribution is -2.14. The van der Waals surface area contributed by atoms with Gasteiger partial charge in [-0.25, -0.2) is 4.39 Å². The van der Waals surface area contributed by atoms with Gasteiger partial charge in [0, 0.05) is 23.6 Å². The van der Waals surface area contributed by atoms with E-state index in [1.165, 1.54) is 6.07 Å². The summed E-state index contributed by atoms with van der Waals surface area (Å²) in [6, 6.07) is 7.70. The molecule has 6 nitrogen and oxygen atoms in total. The first-order valence-corrected chi connectivity index (χ1v) is 7.94. The third-order valence-corrected chi connectivity index (χ3v) is 3.66. The van der Waals surface area contributed by atoms with Gasteiger partial charge in [-0.3, -0.25) is 14.9 Å². The predicted octanol–water partition coefficient (Wildman–Crippen LogP) is 4.84. The van der Waals surface area contributed by atoms with Crippen molar-refractivity contribution in [2.45, 2.75) is 12.8 Å². The molecular formula is C16H13Cl2FN2O4. The Morgan fingerprint density at radius 2 is 2.00 bits per heavy atom. The molecule has 0 unspecified atom stereocenters. The van der Waals surface area contributed by atoms with Gasteiger partial charge >= 0.3 is 0 Å². The summed E-state index contributed by atoms with van der Waals surface area (Å²) in [5, 5.41) is 13.8. The minimum atomic E-state index is -0.747. The fourth-order valence-electron chi connectivity index (χ4n) is 1.94. The number of hydrogen-bond acceptors (Lipinski definition) is 4. The molecule has 132 valence electrons. The minimum Gasteiger partial charge on any atom is -0.492 e. The first-order valence-electron chi connectivity index (χ1n) is 7.18. The van der Waals surface area contributed by atoms with Crippen molar-refractivity contribution in [1.29, 1.82) is 0 Å². The Bertz CT molecular complexity index is 802. The summed E-state index contributed by atoms with van der Waals surface area (Å²) in [6.07, 6.45) is 0.397. The second-order valence-electron chi connectivity index (χ2n) is 5.00. The van der Waals surface area contributed by atoms with Crippen LogP contribution in [0, 0.1) is 15.9 Å². The third kappa shape index (κ3) is 5.58. The monoisotopic (exact) mass is 386 g/mol. The van der Waals surface area contributed by atoms with Crippen LogP contribution < -0.4 is 10.1 Å². The molecule has 0 aliphatic carbocycles. The van der Waals surface area contributed by atoms with Crippen LogP contribution in [0.3, 0.4) is 0 Å². The zero-order valence-electron chi connectivity index (χ0n) is 12.8. The molecule has 0 saturated carbocycles. The van der Waals surface area contributed by atoms with Crippen molar-refractivity contribution >= 4 is 40.5 Å². The van der Waals surface area contributed by atoms with Gasteiger partial charge in [0.15, 0.2) is 0 Å². The number of nitrogens with zero attached hydrogens (tertiary/aromatic N) is 1. The number of carbonyl (C=O) groups is 1. The first-order chi connectivity index (χ1) is 11.9. The van der Waals surface area contributed by atoms with Gasteiger partial charge in [0.1, 0.15) is 11.6 Å². The summed E-state index contributed by atoms with van der Waals surface area (Å²) in [5.74, 6) is -0.787. The Morgan fingerprint density at radius 1 is 1.24 bits per heavy atom.